The van der Waals surface area contributed by atoms with Gasteiger partial charge >= 0.3 is 0 Å². The number of hydrogen-bond acceptors (Lipinski definition) is 1. The molecular formula is C55H49N3. The van der Waals surface area contributed by atoms with Gasteiger partial charge in [-0.1, -0.05) is 114 Å². The average Bonchev–Trinajstić information content (AvgIpc) is 3.78. The monoisotopic (exact) mass is 751 g/mol. The predicted molar refractivity (Wildman–Crippen MR) is 246 cm³/mol. The number of rotatable bonds is 6. The number of fused-ring (bicyclic) bond motifs is 8. The van der Waals surface area contributed by atoms with Crippen LogP contribution in [0.25, 0.3) is 83.4 Å². The Hall–Kier alpha value is -6.19. The minimum atomic E-state index is 0.272. The fourth-order valence-electron chi connectivity index (χ4n) is 10.8. The fourth-order valence-corrected chi connectivity index (χ4v) is 10.8. The first-order chi connectivity index (χ1) is 28.4. The summed E-state index contributed by atoms with van der Waals surface area (Å²) in [6, 6.07) is 47.8. The molecule has 0 spiro atoms. The van der Waals surface area contributed by atoms with Crippen LogP contribution in [0.1, 0.15) is 105 Å². The Morgan fingerprint density at radius 1 is 0.534 bits per heavy atom. The van der Waals surface area contributed by atoms with Crippen LogP contribution >= 0.6 is 0 Å². The van der Waals surface area contributed by atoms with Crippen molar-refractivity contribution in [2.24, 2.45) is 0 Å². The molecule has 4 unspecified atom stereocenters. The molecule has 3 heterocycles. The van der Waals surface area contributed by atoms with Crippen LogP contribution in [0.3, 0.4) is 0 Å². The van der Waals surface area contributed by atoms with Crippen LogP contribution in [0, 0.1) is 0 Å². The van der Waals surface area contributed by atoms with Crippen LogP contribution in [0.4, 0.5) is 0 Å². The Balaban J connectivity index is 1.27. The van der Waals surface area contributed by atoms with Crippen LogP contribution in [-0.4, -0.2) is 14.1 Å². The largest absolute Gasteiger partial charge is 0.309 e. The summed E-state index contributed by atoms with van der Waals surface area (Å²) in [7, 11) is 0. The highest BCUT2D eigenvalue weighted by Gasteiger charge is 2.42. The molecule has 0 N–H and O–H groups in total. The molecule has 9 aromatic rings. The van der Waals surface area contributed by atoms with Crippen LogP contribution in [0.5, 0.6) is 0 Å². The molecule has 3 nitrogen and oxygen atoms in total. The Morgan fingerprint density at radius 3 is 1.67 bits per heavy atom. The number of aromatic nitrogens is 3. The smallest absolute Gasteiger partial charge is 0.0709 e. The van der Waals surface area contributed by atoms with Gasteiger partial charge in [-0.2, -0.15) is 0 Å². The second-order valence-electron chi connectivity index (χ2n) is 17.0. The highest BCUT2D eigenvalue weighted by molar-refractivity contribution is 6.17. The van der Waals surface area contributed by atoms with E-state index >= 15 is 0 Å². The molecule has 0 fully saturated rings. The van der Waals surface area contributed by atoms with Gasteiger partial charge in [0, 0.05) is 38.5 Å². The van der Waals surface area contributed by atoms with Crippen molar-refractivity contribution in [1.82, 2.24) is 14.1 Å². The molecule has 2 aliphatic rings. The molecule has 58 heavy (non-hydrogen) atoms. The van der Waals surface area contributed by atoms with Crippen molar-refractivity contribution in [3.05, 3.63) is 167 Å². The Bertz CT molecular complexity index is 3140. The van der Waals surface area contributed by atoms with E-state index in [1.165, 1.54) is 93.9 Å². The molecule has 11 rings (SSSR count). The first-order valence-electron chi connectivity index (χ1n) is 21.4. The molecule has 0 aliphatic heterocycles. The Labute approximate surface area is 341 Å². The van der Waals surface area contributed by atoms with Crippen molar-refractivity contribution in [2.75, 3.05) is 0 Å². The van der Waals surface area contributed by atoms with E-state index in [4.69, 9.17) is 4.98 Å². The summed E-state index contributed by atoms with van der Waals surface area (Å²) in [6.07, 6.45) is 6.38. The lowest BCUT2D eigenvalue weighted by atomic mass is 9.62. The molecule has 6 aromatic carbocycles. The zero-order valence-corrected chi connectivity index (χ0v) is 34.3. The van der Waals surface area contributed by atoms with E-state index in [9.17, 15) is 0 Å². The summed E-state index contributed by atoms with van der Waals surface area (Å²) in [5.41, 5.74) is 21.1. The lowest BCUT2D eigenvalue weighted by Crippen LogP contribution is -2.24. The highest BCUT2D eigenvalue weighted by Crippen LogP contribution is 2.61. The number of nitrogens with zero attached hydrogens (tertiary/aromatic N) is 3. The predicted octanol–water partition coefficient (Wildman–Crippen LogP) is 15.0. The molecule has 4 atom stereocenters. The molecule has 284 valence electrons. The summed E-state index contributed by atoms with van der Waals surface area (Å²) in [4.78, 5) is 5.26. The van der Waals surface area contributed by atoms with Gasteiger partial charge < -0.3 is 9.13 Å². The van der Waals surface area contributed by atoms with Crippen molar-refractivity contribution in [3.63, 3.8) is 0 Å². The first-order valence-corrected chi connectivity index (χ1v) is 21.4. The van der Waals surface area contributed by atoms with Crippen LogP contribution < -0.4 is 0 Å². The maximum Gasteiger partial charge on any atom is 0.0709 e. The molecule has 0 saturated carbocycles. The summed E-state index contributed by atoms with van der Waals surface area (Å²) >= 11 is 0. The highest BCUT2D eigenvalue weighted by atomic mass is 15.0. The number of para-hydroxylation sites is 3. The Kier molecular flexibility index (Phi) is 7.95. The zero-order chi connectivity index (χ0) is 39.4. The van der Waals surface area contributed by atoms with Crippen LogP contribution in [0.2, 0.25) is 0 Å². The van der Waals surface area contributed by atoms with E-state index in [0.717, 1.165) is 29.8 Å². The van der Waals surface area contributed by atoms with Crippen LogP contribution in [-0.2, 0) is 6.42 Å². The summed E-state index contributed by atoms with van der Waals surface area (Å²) in [5.74, 6) is 1.27. The van der Waals surface area contributed by atoms with Crippen LogP contribution in [0.15, 0.2) is 133 Å². The van der Waals surface area contributed by atoms with E-state index < -0.39 is 0 Å². The van der Waals surface area contributed by atoms with Gasteiger partial charge in [-0.15, -0.1) is 0 Å². The van der Waals surface area contributed by atoms with Gasteiger partial charge in [0.2, 0.25) is 0 Å². The molecule has 0 saturated heterocycles. The van der Waals surface area contributed by atoms with Gasteiger partial charge in [-0.25, -0.2) is 4.98 Å². The number of benzene rings is 6. The van der Waals surface area contributed by atoms with Crippen molar-refractivity contribution < 1.29 is 0 Å². The topological polar surface area (TPSA) is 22.8 Å². The SMILES string of the molecule is CC/C=C\c1nc(-c2ccc3c(c2)c2cc4c5c(c2n3-c2ccccc2)C(C)C(C)c2c-5c(cc3c5ccccc5n(-c5ccccc5)c23)C(C)C4C)ccc1CC. The van der Waals surface area contributed by atoms with Gasteiger partial charge in [0.05, 0.1) is 33.5 Å². The lowest BCUT2D eigenvalue weighted by Gasteiger charge is -2.42. The van der Waals surface area contributed by atoms with Crippen molar-refractivity contribution in [1.29, 1.82) is 0 Å². The molecule has 0 amide bonds. The third kappa shape index (κ3) is 4.83. The van der Waals surface area contributed by atoms with E-state index in [1.54, 1.807) is 0 Å². The van der Waals surface area contributed by atoms with Gasteiger partial charge in [0.25, 0.3) is 0 Å². The zero-order valence-electron chi connectivity index (χ0n) is 34.3. The van der Waals surface area contributed by atoms with Gasteiger partial charge in [0.15, 0.2) is 0 Å². The van der Waals surface area contributed by atoms with E-state index in [0.29, 0.717) is 11.8 Å². The van der Waals surface area contributed by atoms with Crippen molar-refractivity contribution >= 4 is 49.7 Å². The normalized spacial score (nSPS) is 18.6. The summed E-state index contributed by atoms with van der Waals surface area (Å²) in [5, 5.41) is 5.34. The fraction of sp³-hybridized carbons (Fsp3) is 0.218. The molecule has 0 bridgehead atoms. The lowest BCUT2D eigenvalue weighted by molar-refractivity contribution is 0.584. The Morgan fingerprint density at radius 2 is 1.09 bits per heavy atom. The number of hydrogen-bond donors (Lipinski definition) is 0. The van der Waals surface area contributed by atoms with Gasteiger partial charge in [-0.05, 0) is 142 Å². The standard InChI is InChI=1S/C55H49N3/c1-7-9-23-46-36(8-2)25-27-47(56-46)37-26-28-49-43(29-37)45-31-42-33(4)32(3)41-30-44-40-22-16-17-24-48(40)57(38-18-12-10-13-19-38)54(44)50-34(5)35(6)51(53(42)52(41)50)55(45)58(49)39-20-14-11-15-21-39/h9-35H,7-8H2,1-6H3/b23-9-. The number of allylic oxidation sites excluding steroid dienone is 1. The summed E-state index contributed by atoms with van der Waals surface area (Å²) in [6.45, 7) is 14.3. The number of aryl methyl sites for hydroxylation is 1. The second kappa shape index (κ2) is 13.2. The third-order valence-corrected chi connectivity index (χ3v) is 14.0. The average molecular weight is 752 g/mol. The van der Waals surface area contributed by atoms with Crippen molar-refractivity contribution in [3.8, 4) is 33.8 Å². The minimum Gasteiger partial charge on any atom is -0.309 e. The molecule has 3 aromatic heterocycles. The molecular weight excluding hydrogens is 703 g/mol. The molecule has 3 heteroatoms. The van der Waals surface area contributed by atoms with E-state index in [2.05, 4.69) is 190 Å². The van der Waals surface area contributed by atoms with Gasteiger partial charge in [0.1, 0.15) is 0 Å². The van der Waals surface area contributed by atoms with Crippen molar-refractivity contribution in [2.45, 2.75) is 78.1 Å². The maximum atomic E-state index is 5.26. The number of pyridine rings is 1. The molecule has 2 aliphatic carbocycles. The maximum absolute atomic E-state index is 5.26. The molecule has 0 radical (unpaired) electrons. The third-order valence-electron chi connectivity index (χ3n) is 14.0. The minimum absolute atomic E-state index is 0.272. The van der Waals surface area contributed by atoms with Gasteiger partial charge in [-0.3, -0.25) is 0 Å². The summed E-state index contributed by atoms with van der Waals surface area (Å²) < 4.78 is 5.13. The quantitative estimate of drug-likeness (QED) is 0.166. The van der Waals surface area contributed by atoms with E-state index in [1.807, 2.05) is 0 Å². The van der Waals surface area contributed by atoms with E-state index in [-0.39, 0.29) is 11.8 Å². The second-order valence-corrected chi connectivity index (χ2v) is 17.0. The first kappa shape index (κ1) is 35.0.